The van der Waals surface area contributed by atoms with Crippen molar-refractivity contribution in [2.45, 2.75) is 25.0 Å². The Morgan fingerprint density at radius 3 is 2.82 bits per heavy atom. The number of benzene rings is 1. The summed E-state index contributed by atoms with van der Waals surface area (Å²) >= 11 is 0. The number of hydrogen-bond donors (Lipinski definition) is 1. The average molecular weight is 459 g/mol. The SMILES string of the molecule is CN(C)C=CC(O)c1cccc(-c2cnc3ccc(N4CCC[C@@H]4c4cccc(F)c4)nn23)n1. The molecule has 3 aromatic heterocycles. The first-order valence-corrected chi connectivity index (χ1v) is 11.4. The standard InChI is InChI=1S/C26H27FN6O/c1-31(2)15-13-24(34)21-9-4-8-20(29-21)23-17-28-25-11-12-26(30-33(23)25)32-14-5-10-22(32)18-6-3-7-19(27)16-18/h3-4,6-9,11-13,15-17,22,24,34H,5,10,14H2,1-2H3/t22-,24?/m1/s1. The lowest BCUT2D eigenvalue weighted by molar-refractivity contribution is 0.222. The summed E-state index contributed by atoms with van der Waals surface area (Å²) in [5, 5.41) is 15.4. The van der Waals surface area contributed by atoms with Crippen molar-refractivity contribution in [1.29, 1.82) is 0 Å². The van der Waals surface area contributed by atoms with Crippen LogP contribution in [0, 0.1) is 5.82 Å². The van der Waals surface area contributed by atoms with Crippen molar-refractivity contribution in [1.82, 2.24) is 24.5 Å². The molecular formula is C26H27FN6O. The lowest BCUT2D eigenvalue weighted by Gasteiger charge is -2.26. The van der Waals surface area contributed by atoms with E-state index in [9.17, 15) is 9.50 Å². The van der Waals surface area contributed by atoms with Crippen LogP contribution in [-0.4, -0.2) is 50.2 Å². The Labute approximate surface area is 197 Å². The van der Waals surface area contributed by atoms with E-state index in [1.54, 1.807) is 41.2 Å². The van der Waals surface area contributed by atoms with Crippen molar-refractivity contribution in [2.75, 3.05) is 25.5 Å². The third-order valence-corrected chi connectivity index (χ3v) is 6.03. The van der Waals surface area contributed by atoms with Gasteiger partial charge >= 0.3 is 0 Å². The number of pyridine rings is 1. The quantitative estimate of drug-likeness (QED) is 0.462. The van der Waals surface area contributed by atoms with E-state index < -0.39 is 6.10 Å². The van der Waals surface area contributed by atoms with Crippen LogP contribution in [0.15, 0.2) is 73.1 Å². The number of aliphatic hydroxyl groups is 1. The van der Waals surface area contributed by atoms with Crippen LogP contribution in [0.5, 0.6) is 0 Å². The van der Waals surface area contributed by atoms with E-state index in [2.05, 4.69) is 14.9 Å². The van der Waals surface area contributed by atoms with Crippen molar-refractivity contribution in [3.05, 3.63) is 90.1 Å². The fourth-order valence-corrected chi connectivity index (χ4v) is 4.40. The Morgan fingerprint density at radius 1 is 1.15 bits per heavy atom. The number of anilines is 1. The molecule has 4 aromatic rings. The van der Waals surface area contributed by atoms with E-state index >= 15 is 0 Å². The molecule has 0 bridgehead atoms. The van der Waals surface area contributed by atoms with Crippen molar-refractivity contribution in [2.24, 2.45) is 0 Å². The van der Waals surface area contributed by atoms with Gasteiger partial charge in [-0.2, -0.15) is 0 Å². The topological polar surface area (TPSA) is 69.8 Å². The van der Waals surface area contributed by atoms with E-state index in [1.165, 1.54) is 6.07 Å². The van der Waals surface area contributed by atoms with Crippen LogP contribution in [0.4, 0.5) is 10.2 Å². The van der Waals surface area contributed by atoms with E-state index in [-0.39, 0.29) is 11.9 Å². The lowest BCUT2D eigenvalue weighted by Crippen LogP contribution is -2.24. The first kappa shape index (κ1) is 22.0. The van der Waals surface area contributed by atoms with Crippen LogP contribution in [0.25, 0.3) is 17.0 Å². The van der Waals surface area contributed by atoms with Gasteiger partial charge in [0.2, 0.25) is 0 Å². The Bertz CT molecular complexity index is 1330. The second-order valence-electron chi connectivity index (χ2n) is 8.71. The first-order valence-electron chi connectivity index (χ1n) is 11.4. The largest absolute Gasteiger partial charge is 0.384 e. The van der Waals surface area contributed by atoms with E-state index in [4.69, 9.17) is 5.10 Å². The number of nitrogens with zero attached hydrogens (tertiary/aromatic N) is 6. The molecule has 0 radical (unpaired) electrons. The summed E-state index contributed by atoms with van der Waals surface area (Å²) in [6.45, 7) is 0.849. The molecule has 34 heavy (non-hydrogen) atoms. The van der Waals surface area contributed by atoms with Crippen molar-refractivity contribution >= 4 is 11.5 Å². The van der Waals surface area contributed by atoms with E-state index in [0.29, 0.717) is 17.0 Å². The number of fused-ring (bicyclic) bond motifs is 1. The molecule has 1 aromatic carbocycles. The monoisotopic (exact) mass is 458 g/mol. The highest BCUT2D eigenvalue weighted by Gasteiger charge is 2.28. The highest BCUT2D eigenvalue weighted by molar-refractivity contribution is 5.61. The van der Waals surface area contributed by atoms with Crippen LogP contribution < -0.4 is 4.90 Å². The third-order valence-electron chi connectivity index (χ3n) is 6.03. The number of imidazole rings is 1. The first-order chi connectivity index (χ1) is 16.5. The Balaban J connectivity index is 1.49. The number of hydrogen-bond acceptors (Lipinski definition) is 6. The minimum Gasteiger partial charge on any atom is -0.384 e. The molecule has 1 saturated heterocycles. The lowest BCUT2D eigenvalue weighted by atomic mass is 10.0. The second-order valence-corrected chi connectivity index (χ2v) is 8.71. The molecule has 4 heterocycles. The summed E-state index contributed by atoms with van der Waals surface area (Å²) in [6.07, 6.45) is 6.38. The molecule has 0 aliphatic carbocycles. The van der Waals surface area contributed by atoms with E-state index in [1.807, 2.05) is 49.3 Å². The molecule has 1 fully saturated rings. The number of aromatic nitrogens is 4. The average Bonchev–Trinajstić information content (AvgIpc) is 3.49. The van der Waals surface area contributed by atoms with Crippen molar-refractivity contribution in [3.63, 3.8) is 0 Å². The minimum absolute atomic E-state index is 0.0766. The maximum atomic E-state index is 13.9. The molecule has 1 N–H and O–H groups in total. The molecule has 8 heteroatoms. The van der Waals surface area contributed by atoms with Gasteiger partial charge in [0.05, 0.1) is 23.6 Å². The summed E-state index contributed by atoms with van der Waals surface area (Å²) in [5.74, 6) is 0.585. The van der Waals surface area contributed by atoms with Crippen LogP contribution in [0.3, 0.4) is 0 Å². The van der Waals surface area contributed by atoms with Gasteiger partial charge in [-0.1, -0.05) is 18.2 Å². The van der Waals surface area contributed by atoms with Gasteiger partial charge in [-0.15, -0.1) is 5.10 Å². The minimum atomic E-state index is -0.818. The zero-order valence-corrected chi connectivity index (χ0v) is 19.2. The van der Waals surface area contributed by atoms with Gasteiger partial charge in [0.15, 0.2) is 5.65 Å². The fourth-order valence-electron chi connectivity index (χ4n) is 4.40. The molecule has 1 aliphatic rings. The zero-order chi connectivity index (χ0) is 23.7. The third kappa shape index (κ3) is 4.36. The van der Waals surface area contributed by atoms with Gasteiger partial charge in [0.1, 0.15) is 23.4 Å². The van der Waals surface area contributed by atoms with Crippen molar-refractivity contribution in [3.8, 4) is 11.4 Å². The Kier molecular flexibility index (Phi) is 5.98. The number of aliphatic hydroxyl groups excluding tert-OH is 1. The molecule has 1 unspecified atom stereocenters. The van der Waals surface area contributed by atoms with Crippen molar-refractivity contribution < 1.29 is 9.50 Å². The van der Waals surface area contributed by atoms with Gasteiger partial charge in [-0.05, 0) is 67.1 Å². The van der Waals surface area contributed by atoms with Gasteiger partial charge in [0, 0.05) is 20.6 Å². The normalized spacial score (nSPS) is 17.1. The predicted octanol–water partition coefficient (Wildman–Crippen LogP) is 4.38. The Morgan fingerprint density at radius 2 is 2.00 bits per heavy atom. The van der Waals surface area contributed by atoms with Crippen LogP contribution in [-0.2, 0) is 0 Å². The molecular weight excluding hydrogens is 431 g/mol. The molecule has 2 atom stereocenters. The van der Waals surface area contributed by atoms with Crippen LogP contribution in [0.1, 0.15) is 36.2 Å². The second kappa shape index (κ2) is 9.23. The maximum Gasteiger partial charge on any atom is 0.154 e. The van der Waals surface area contributed by atoms with Gasteiger partial charge in [-0.25, -0.2) is 18.9 Å². The molecule has 7 nitrogen and oxygen atoms in total. The summed E-state index contributed by atoms with van der Waals surface area (Å²) in [5.41, 5.74) is 3.63. The smallest absolute Gasteiger partial charge is 0.154 e. The summed E-state index contributed by atoms with van der Waals surface area (Å²) in [4.78, 5) is 13.2. The summed E-state index contributed by atoms with van der Waals surface area (Å²) < 4.78 is 15.6. The number of rotatable bonds is 6. The Hall–Kier alpha value is -3.78. The molecule has 0 saturated carbocycles. The highest BCUT2D eigenvalue weighted by Crippen LogP contribution is 2.35. The fraction of sp³-hybridized carbons (Fsp3) is 0.269. The van der Waals surface area contributed by atoms with E-state index in [0.717, 1.165) is 36.5 Å². The van der Waals surface area contributed by atoms with Crippen LogP contribution >= 0.6 is 0 Å². The van der Waals surface area contributed by atoms with Crippen LogP contribution in [0.2, 0.25) is 0 Å². The molecule has 1 aliphatic heterocycles. The van der Waals surface area contributed by atoms with Gasteiger partial charge in [-0.3, -0.25) is 0 Å². The summed E-state index contributed by atoms with van der Waals surface area (Å²) in [6, 6.07) is 16.3. The van der Waals surface area contributed by atoms with Gasteiger partial charge in [0.25, 0.3) is 0 Å². The predicted molar refractivity (Wildman–Crippen MR) is 130 cm³/mol. The highest BCUT2D eigenvalue weighted by atomic mass is 19.1. The maximum absolute atomic E-state index is 13.9. The molecule has 0 spiro atoms. The molecule has 5 rings (SSSR count). The summed E-state index contributed by atoms with van der Waals surface area (Å²) in [7, 11) is 3.79. The number of halogens is 1. The molecule has 0 amide bonds. The molecule has 174 valence electrons. The zero-order valence-electron chi connectivity index (χ0n) is 19.2. The van der Waals surface area contributed by atoms with Gasteiger partial charge < -0.3 is 14.9 Å².